The van der Waals surface area contributed by atoms with Crippen molar-refractivity contribution in [1.82, 2.24) is 0 Å². The first-order valence-electron chi connectivity index (χ1n) is 25.0. The Morgan fingerprint density at radius 3 is 1.21 bits per heavy atom. The van der Waals surface area contributed by atoms with Gasteiger partial charge in [0, 0.05) is 0 Å². The summed E-state index contributed by atoms with van der Waals surface area (Å²) in [5.74, 6) is 0. The molecule has 2 unspecified atom stereocenters. The summed E-state index contributed by atoms with van der Waals surface area (Å²) in [6, 6.07) is 41.8. The molecule has 8 aromatic rings. The molecular weight excluding hydrogens is 1160 g/mol. The summed E-state index contributed by atoms with van der Waals surface area (Å²) in [4.78, 5) is 0. The minimum atomic E-state index is -6.88. The van der Waals surface area contributed by atoms with Crippen molar-refractivity contribution in [2.45, 2.75) is 58.6 Å². The van der Waals surface area contributed by atoms with Gasteiger partial charge in [0.05, 0.1) is 0 Å². The molecule has 0 saturated carbocycles. The van der Waals surface area contributed by atoms with Crippen molar-refractivity contribution < 1.29 is 69.1 Å². The van der Waals surface area contributed by atoms with E-state index in [1.807, 2.05) is 66.7 Å². The molecular formula is C62H43Cl2F12SiZr. The Kier molecular flexibility index (Phi) is 13.3. The van der Waals surface area contributed by atoms with Gasteiger partial charge >= 0.3 is 455 Å². The van der Waals surface area contributed by atoms with Gasteiger partial charge in [0.15, 0.2) is 0 Å². The molecule has 1 heterocycles. The molecule has 0 aromatic heterocycles. The summed E-state index contributed by atoms with van der Waals surface area (Å²) in [5.41, 5.74) is 0.142. The van der Waals surface area contributed by atoms with Gasteiger partial charge in [-0.25, -0.2) is 0 Å². The molecule has 16 heteroatoms. The van der Waals surface area contributed by atoms with Gasteiger partial charge in [-0.1, -0.05) is 0 Å². The Hall–Kier alpha value is -5.92. The van der Waals surface area contributed by atoms with Crippen molar-refractivity contribution in [2.24, 2.45) is 0 Å². The number of fused-ring (bicyclic) bond motifs is 5. The van der Waals surface area contributed by atoms with E-state index in [-0.39, 0.29) is 47.2 Å². The van der Waals surface area contributed by atoms with Crippen molar-refractivity contribution in [1.29, 1.82) is 0 Å². The third kappa shape index (κ3) is 8.97. The molecule has 0 N–H and O–H groups in total. The number of aryl methyl sites for hydroxylation is 2. The second-order valence-electron chi connectivity index (χ2n) is 20.1. The maximum atomic E-state index is 14.7. The first kappa shape index (κ1) is 54.1. The standard InChI is InChI=1S/2C25H17F6.C12H9Si.2ClH.Zr/c2*1-2-15-8-9-17-10-18(16-6-4-3-5-7-16)13-22(17)23(15)19-11-20(24(26,27)28)14-21(12-19)25(29,30)31;1-3-7-11-9(5-1)10-6-2-4-8-12(10)13-11;;;/h2*3-14H,2H2,1H3;1-7H,13H2;2*1H;/q;;;;;+2/p-2. The summed E-state index contributed by atoms with van der Waals surface area (Å²) < 4.78 is 175. The third-order valence-corrected chi connectivity index (χ3v) is 38.2. The molecule has 0 spiro atoms. The molecule has 0 amide bonds. The molecule has 397 valence electrons. The molecule has 78 heavy (non-hydrogen) atoms. The van der Waals surface area contributed by atoms with Crippen molar-refractivity contribution in [3.8, 4) is 33.4 Å². The Morgan fingerprint density at radius 1 is 0.423 bits per heavy atom. The van der Waals surface area contributed by atoms with Crippen LogP contribution < -0.4 is 13.6 Å². The van der Waals surface area contributed by atoms with Crippen molar-refractivity contribution in [3.05, 3.63) is 231 Å². The van der Waals surface area contributed by atoms with Crippen LogP contribution in [0, 0.1) is 0 Å². The number of halogens is 14. The van der Waals surface area contributed by atoms with E-state index in [9.17, 15) is 69.7 Å². The van der Waals surface area contributed by atoms with E-state index in [0.29, 0.717) is 58.9 Å². The number of rotatable bonds is 9. The van der Waals surface area contributed by atoms with Crippen LogP contribution in [0.2, 0.25) is 0 Å². The van der Waals surface area contributed by atoms with E-state index < -0.39 is 80.1 Å². The van der Waals surface area contributed by atoms with Gasteiger partial charge in [0.2, 0.25) is 0 Å². The van der Waals surface area contributed by atoms with Gasteiger partial charge in [-0.3, -0.25) is 0 Å². The van der Waals surface area contributed by atoms with E-state index in [1.54, 1.807) is 86.7 Å². The fourth-order valence-electron chi connectivity index (χ4n) is 12.4. The van der Waals surface area contributed by atoms with E-state index >= 15 is 0 Å². The number of hydrogen-bond donors (Lipinski definition) is 0. The average molecular weight is 1210 g/mol. The molecule has 11 rings (SSSR count). The van der Waals surface area contributed by atoms with Crippen LogP contribution in [-0.4, -0.2) is 9.52 Å². The van der Waals surface area contributed by atoms with Crippen LogP contribution in [0.15, 0.2) is 164 Å². The first-order valence-corrected chi connectivity index (χ1v) is 36.9. The molecule has 3 aliphatic rings. The predicted molar refractivity (Wildman–Crippen MR) is 288 cm³/mol. The summed E-state index contributed by atoms with van der Waals surface area (Å²) in [7, 11) is 17.2. The predicted octanol–water partition coefficient (Wildman–Crippen LogP) is 17.5. The van der Waals surface area contributed by atoms with Crippen LogP contribution in [0.25, 0.3) is 56.7 Å². The van der Waals surface area contributed by atoms with Crippen LogP contribution in [-0.2, 0) is 53.9 Å². The SMILES string of the molecule is CCc1ccc2c(c1-c1cc(C(F)(F)F)cc(C(F)(F)F)c1)C=C(c1ccccc1)[CH]2[Zr]([Cl])([Cl])([c]1cccc2c1[SiH2]c1ccccc1-2)[CH]1C(c2ccccc2)=Cc2c1ccc(CC)c2-c1cc(C(F)(F)F)cc(C(F)(F)F)c1. The van der Waals surface area contributed by atoms with Crippen molar-refractivity contribution in [2.75, 3.05) is 0 Å². The molecule has 0 radical (unpaired) electrons. The Balaban J connectivity index is 1.30. The zero-order valence-electron chi connectivity index (χ0n) is 41.3. The van der Waals surface area contributed by atoms with Crippen LogP contribution in [0.4, 0.5) is 52.7 Å². The number of hydrogen-bond acceptors (Lipinski definition) is 0. The van der Waals surface area contributed by atoms with Gasteiger partial charge < -0.3 is 0 Å². The second-order valence-corrected chi connectivity index (χ2v) is 42.5. The number of benzene rings is 8. The summed E-state index contributed by atoms with van der Waals surface area (Å²) in [6.07, 6.45) is -16.7. The average Bonchev–Trinajstić information content (AvgIpc) is 4.32. The van der Waals surface area contributed by atoms with Crippen molar-refractivity contribution in [3.63, 3.8) is 0 Å². The number of alkyl halides is 12. The Bertz CT molecular complexity index is 3540. The Morgan fingerprint density at radius 2 is 0.808 bits per heavy atom. The van der Waals surface area contributed by atoms with Crippen LogP contribution in [0.3, 0.4) is 0 Å². The first-order chi connectivity index (χ1) is 36.8. The van der Waals surface area contributed by atoms with E-state index in [4.69, 9.17) is 0 Å². The van der Waals surface area contributed by atoms with Gasteiger partial charge in [-0.05, 0) is 0 Å². The topological polar surface area (TPSA) is 0 Å². The normalized spacial score (nSPS) is 17.0. The zero-order chi connectivity index (χ0) is 55.5. The van der Waals surface area contributed by atoms with Gasteiger partial charge in [-0.15, -0.1) is 0 Å². The molecule has 2 atom stereocenters. The van der Waals surface area contributed by atoms with Crippen molar-refractivity contribution >= 4 is 63.5 Å². The second kappa shape index (κ2) is 19.1. The van der Waals surface area contributed by atoms with E-state index in [1.165, 1.54) is 0 Å². The summed E-state index contributed by atoms with van der Waals surface area (Å²) in [5, 5.41) is 2.02. The summed E-state index contributed by atoms with van der Waals surface area (Å²) >= 11 is -6.88. The summed E-state index contributed by atoms with van der Waals surface area (Å²) in [6.45, 7) is 3.50. The third-order valence-electron chi connectivity index (χ3n) is 15.7. The molecule has 1 aliphatic heterocycles. The van der Waals surface area contributed by atoms with Gasteiger partial charge in [-0.2, -0.15) is 0 Å². The number of allylic oxidation sites excluding steroid dienone is 2. The van der Waals surface area contributed by atoms with E-state index in [0.717, 1.165) is 45.8 Å². The molecule has 0 saturated heterocycles. The maximum absolute atomic E-state index is 14.7. The fraction of sp³-hybridized carbons (Fsp3) is 0.161. The molecule has 2 aliphatic carbocycles. The Labute approximate surface area is 452 Å². The quantitative estimate of drug-likeness (QED) is 0.0998. The van der Waals surface area contributed by atoms with Crippen LogP contribution in [0.1, 0.15) is 87.9 Å². The molecule has 0 nitrogen and oxygen atoms in total. The fourth-order valence-corrected chi connectivity index (χ4v) is 39.5. The molecule has 8 aromatic carbocycles. The van der Waals surface area contributed by atoms with Gasteiger partial charge in [0.25, 0.3) is 0 Å². The van der Waals surface area contributed by atoms with Crippen LogP contribution >= 0.6 is 17.0 Å². The van der Waals surface area contributed by atoms with E-state index in [2.05, 4.69) is 0 Å². The molecule has 0 fully saturated rings. The monoisotopic (exact) mass is 1200 g/mol. The molecule has 0 bridgehead atoms. The van der Waals surface area contributed by atoms with Crippen LogP contribution in [0.5, 0.6) is 0 Å². The van der Waals surface area contributed by atoms with Gasteiger partial charge in [0.1, 0.15) is 0 Å². The minimum absolute atomic E-state index is 0.0919. The zero-order valence-corrected chi connectivity index (χ0v) is 46.7.